The van der Waals surface area contributed by atoms with Crippen molar-refractivity contribution >= 4 is 8.07 Å². The zero-order valence-electron chi connectivity index (χ0n) is 11.7. The van der Waals surface area contributed by atoms with Crippen LogP contribution in [0.1, 0.15) is 32.1 Å². The molecule has 0 fully saturated rings. The van der Waals surface area contributed by atoms with Gasteiger partial charge in [-0.3, -0.25) is 0 Å². The van der Waals surface area contributed by atoms with Crippen molar-refractivity contribution in [2.45, 2.75) is 44.6 Å². The Morgan fingerprint density at radius 3 is 2.29 bits per heavy atom. The minimum absolute atomic E-state index is 0.162. The Morgan fingerprint density at radius 1 is 1.24 bits per heavy atom. The highest BCUT2D eigenvalue weighted by molar-refractivity contribution is 6.81. The van der Waals surface area contributed by atoms with Crippen molar-refractivity contribution in [1.29, 1.82) is 0 Å². The smallest absolute Gasteiger partial charge is 0.119 e. The summed E-state index contributed by atoms with van der Waals surface area (Å²) in [7, 11) is -0.134. The van der Waals surface area contributed by atoms with Crippen LogP contribution in [0.5, 0.6) is 5.75 Å². The molecule has 0 aliphatic heterocycles. The van der Waals surface area contributed by atoms with Crippen molar-refractivity contribution in [3.63, 3.8) is 0 Å². The minimum atomic E-state index is -1.78. The molecule has 1 atom stereocenters. The monoisotopic (exact) mass is 252 g/mol. The fraction of sp³-hybridized carbons (Fsp3) is 0.571. The fourth-order valence-corrected chi connectivity index (χ4v) is 3.47. The molecule has 0 saturated carbocycles. The lowest BCUT2D eigenvalue weighted by Crippen LogP contribution is -2.44. The molecule has 0 amide bonds. The first-order valence-corrected chi connectivity index (χ1v) is 9.10. The van der Waals surface area contributed by atoms with Gasteiger partial charge in [0.1, 0.15) is 5.75 Å². The van der Waals surface area contributed by atoms with Gasteiger partial charge in [0.05, 0.1) is 20.9 Å². The molecule has 1 aromatic rings. The molecule has 0 aromatic heterocycles. The third kappa shape index (κ3) is 2.90. The summed E-state index contributed by atoms with van der Waals surface area (Å²) in [5.41, 5.74) is 0.605. The summed E-state index contributed by atoms with van der Waals surface area (Å²) < 4.78 is 5.21. The van der Waals surface area contributed by atoms with Gasteiger partial charge < -0.3 is 9.84 Å². The Labute approximate surface area is 106 Å². The quantitative estimate of drug-likeness (QED) is 0.830. The van der Waals surface area contributed by atoms with E-state index >= 15 is 0 Å². The van der Waals surface area contributed by atoms with Crippen molar-refractivity contribution in [3.05, 3.63) is 29.8 Å². The average Bonchev–Trinajstić information content (AvgIpc) is 2.26. The number of ether oxygens (including phenoxy) is 1. The lowest BCUT2D eigenvalue weighted by atomic mass is 10.2. The Balaban J connectivity index is 3.07. The molecule has 0 unspecified atom stereocenters. The minimum Gasteiger partial charge on any atom is -0.497 e. The molecular formula is C14H24O2Si. The van der Waals surface area contributed by atoms with Gasteiger partial charge in [0.25, 0.3) is 0 Å². The molecule has 0 heterocycles. The van der Waals surface area contributed by atoms with E-state index in [1.165, 1.54) is 0 Å². The van der Waals surface area contributed by atoms with Crippen molar-refractivity contribution in [2.24, 2.45) is 0 Å². The first-order chi connectivity index (χ1) is 7.70. The van der Waals surface area contributed by atoms with Gasteiger partial charge in [-0.1, -0.05) is 46.0 Å². The predicted molar refractivity (Wildman–Crippen MR) is 75.2 cm³/mol. The number of aliphatic hydroxyl groups excluding tert-OH is 1. The number of benzene rings is 1. The highest BCUT2D eigenvalue weighted by Gasteiger charge is 2.42. The first-order valence-electron chi connectivity index (χ1n) is 6.02. The Hall–Kier alpha value is -0.803. The van der Waals surface area contributed by atoms with Crippen molar-refractivity contribution in [2.75, 3.05) is 7.11 Å². The van der Waals surface area contributed by atoms with Gasteiger partial charge in [-0.15, -0.1) is 0 Å². The van der Waals surface area contributed by atoms with Crippen molar-refractivity contribution in [1.82, 2.24) is 0 Å². The van der Waals surface area contributed by atoms with Crippen molar-refractivity contribution in [3.8, 4) is 5.75 Å². The Bertz CT molecular complexity index is 380. The molecule has 1 rings (SSSR count). The summed E-state index contributed by atoms with van der Waals surface area (Å²) in [6.45, 7) is 11.1. The standard InChI is InChI=1S/C14H24O2Si/c1-14(2,3)17(5,6)13(15)11-8-7-9-12(10-11)16-4/h7-10,13,15H,1-6H3/t13-/m1/s1. The fourth-order valence-electron chi connectivity index (χ4n) is 1.64. The summed E-state index contributed by atoms with van der Waals surface area (Å²) in [5.74, 6) is 0.806. The average molecular weight is 252 g/mol. The van der Waals surface area contributed by atoms with E-state index in [1.54, 1.807) is 7.11 Å². The maximum absolute atomic E-state index is 10.6. The summed E-state index contributed by atoms with van der Waals surface area (Å²) >= 11 is 0. The van der Waals surface area contributed by atoms with Crippen LogP contribution >= 0.6 is 0 Å². The topological polar surface area (TPSA) is 29.5 Å². The highest BCUT2D eigenvalue weighted by atomic mass is 28.3. The second-order valence-corrected chi connectivity index (χ2v) is 11.6. The van der Waals surface area contributed by atoms with E-state index in [9.17, 15) is 5.11 Å². The largest absolute Gasteiger partial charge is 0.497 e. The normalized spacial score (nSPS) is 14.5. The van der Waals surface area contributed by atoms with Crippen molar-refractivity contribution < 1.29 is 9.84 Å². The summed E-state index contributed by atoms with van der Waals surface area (Å²) in [6, 6.07) is 7.76. The summed E-state index contributed by atoms with van der Waals surface area (Å²) in [6.07, 6.45) is 0. The third-order valence-corrected chi connectivity index (χ3v) is 9.59. The van der Waals surface area contributed by atoms with Crippen LogP contribution in [0.2, 0.25) is 18.1 Å². The molecule has 0 aliphatic rings. The van der Waals surface area contributed by atoms with E-state index in [0.717, 1.165) is 11.3 Å². The van der Waals surface area contributed by atoms with E-state index in [-0.39, 0.29) is 10.8 Å². The summed E-state index contributed by atoms with van der Waals surface area (Å²) in [5, 5.41) is 10.8. The number of rotatable bonds is 3. The Kier molecular flexibility index (Phi) is 4.05. The van der Waals surface area contributed by atoms with Crippen LogP contribution in [0.3, 0.4) is 0 Å². The van der Waals surface area contributed by atoms with Crippen LogP contribution in [0.25, 0.3) is 0 Å². The lowest BCUT2D eigenvalue weighted by molar-refractivity contribution is 0.242. The van der Waals surface area contributed by atoms with E-state index < -0.39 is 8.07 Å². The maximum Gasteiger partial charge on any atom is 0.119 e. The van der Waals surface area contributed by atoms with Gasteiger partial charge in [0, 0.05) is 0 Å². The van der Waals surface area contributed by atoms with Crippen LogP contribution in [0, 0.1) is 0 Å². The number of aliphatic hydroxyl groups is 1. The van der Waals surface area contributed by atoms with Gasteiger partial charge in [-0.25, -0.2) is 0 Å². The van der Waals surface area contributed by atoms with Crippen LogP contribution < -0.4 is 4.74 Å². The van der Waals surface area contributed by atoms with Gasteiger partial charge in [-0.2, -0.15) is 0 Å². The molecule has 1 aromatic carbocycles. The van der Waals surface area contributed by atoms with Crippen LogP contribution in [-0.2, 0) is 0 Å². The van der Waals surface area contributed by atoms with Crippen LogP contribution in [0.15, 0.2) is 24.3 Å². The zero-order chi connectivity index (χ0) is 13.3. The van der Waals surface area contributed by atoms with Gasteiger partial charge >= 0.3 is 0 Å². The zero-order valence-corrected chi connectivity index (χ0v) is 12.7. The predicted octanol–water partition coefficient (Wildman–Crippen LogP) is 3.78. The molecule has 3 heteroatoms. The van der Waals surface area contributed by atoms with Gasteiger partial charge in [0.2, 0.25) is 0 Å². The summed E-state index contributed by atoms with van der Waals surface area (Å²) in [4.78, 5) is 0. The SMILES string of the molecule is COc1cccc([C@H](O)[Si](C)(C)C(C)(C)C)c1. The molecule has 1 N–H and O–H groups in total. The number of hydrogen-bond donors (Lipinski definition) is 1. The van der Waals surface area contributed by atoms with E-state index in [4.69, 9.17) is 4.74 Å². The van der Waals surface area contributed by atoms with E-state index in [1.807, 2.05) is 24.3 Å². The highest BCUT2D eigenvalue weighted by Crippen LogP contribution is 2.43. The second kappa shape index (κ2) is 4.82. The third-order valence-electron chi connectivity index (χ3n) is 4.03. The van der Waals surface area contributed by atoms with E-state index in [2.05, 4.69) is 33.9 Å². The molecule has 0 saturated heterocycles. The molecule has 0 radical (unpaired) electrons. The van der Waals surface area contributed by atoms with Crippen LogP contribution in [-0.4, -0.2) is 20.3 Å². The van der Waals surface area contributed by atoms with Gasteiger partial charge in [0.15, 0.2) is 0 Å². The molecule has 0 bridgehead atoms. The van der Waals surface area contributed by atoms with Crippen LogP contribution in [0.4, 0.5) is 0 Å². The molecule has 0 aliphatic carbocycles. The van der Waals surface area contributed by atoms with Gasteiger partial charge in [-0.05, 0) is 22.7 Å². The lowest BCUT2D eigenvalue weighted by Gasteiger charge is -2.40. The van der Waals surface area contributed by atoms with E-state index in [0.29, 0.717) is 0 Å². The second-order valence-electron chi connectivity index (χ2n) is 6.15. The first kappa shape index (κ1) is 14.3. The molecule has 96 valence electrons. The number of methoxy groups -OCH3 is 1. The molecule has 17 heavy (non-hydrogen) atoms. The Morgan fingerprint density at radius 2 is 1.82 bits per heavy atom. The molecule has 2 nitrogen and oxygen atoms in total. The molecular weight excluding hydrogens is 228 g/mol. The molecule has 0 spiro atoms. The maximum atomic E-state index is 10.6. The number of hydrogen-bond acceptors (Lipinski definition) is 2.